The van der Waals surface area contributed by atoms with Crippen LogP contribution in [-0.4, -0.2) is 52.2 Å². The van der Waals surface area contributed by atoms with E-state index in [9.17, 15) is 13.2 Å². The highest BCUT2D eigenvalue weighted by molar-refractivity contribution is 7.99. The fraction of sp³-hybridized carbons (Fsp3) is 0.348. The minimum Gasteiger partial charge on any atom is -0.325 e. The van der Waals surface area contributed by atoms with Crippen molar-refractivity contribution in [3.63, 3.8) is 0 Å². The monoisotopic (exact) mass is 485 g/mol. The van der Waals surface area contributed by atoms with Gasteiger partial charge in [0.05, 0.1) is 10.6 Å². The third-order valence-electron chi connectivity index (χ3n) is 5.50. The van der Waals surface area contributed by atoms with Crippen molar-refractivity contribution in [2.24, 2.45) is 0 Å². The van der Waals surface area contributed by atoms with E-state index in [1.165, 1.54) is 11.8 Å². The number of thioether (sulfide) groups is 1. The van der Waals surface area contributed by atoms with Crippen molar-refractivity contribution in [3.8, 4) is 5.69 Å². The highest BCUT2D eigenvalue weighted by atomic mass is 32.2. The summed E-state index contributed by atoms with van der Waals surface area (Å²) in [5, 5.41) is 11.5. The molecule has 1 aliphatic rings. The Labute approximate surface area is 198 Å². The molecule has 0 unspecified atom stereocenters. The molecule has 0 aliphatic carbocycles. The summed E-state index contributed by atoms with van der Waals surface area (Å²) in [6.45, 7) is 3.14. The molecule has 1 aliphatic heterocycles. The molecule has 2 heterocycles. The Hall–Kier alpha value is -2.69. The number of nitrogens with one attached hydrogen (secondary N) is 1. The van der Waals surface area contributed by atoms with Crippen LogP contribution in [0.4, 0.5) is 5.69 Å². The summed E-state index contributed by atoms with van der Waals surface area (Å²) < 4.78 is 29.2. The summed E-state index contributed by atoms with van der Waals surface area (Å²) in [5.74, 6) is -0.0557. The zero-order chi connectivity index (χ0) is 23.3. The van der Waals surface area contributed by atoms with Gasteiger partial charge in [-0.3, -0.25) is 9.36 Å². The van der Waals surface area contributed by atoms with Gasteiger partial charge in [0, 0.05) is 24.5 Å². The Bertz CT molecular complexity index is 1180. The molecule has 0 bridgehead atoms. The van der Waals surface area contributed by atoms with Gasteiger partial charge in [0.15, 0.2) is 5.16 Å². The molecule has 1 amide bonds. The molecule has 3 aromatic rings. The van der Waals surface area contributed by atoms with Gasteiger partial charge in [0.1, 0.15) is 6.33 Å². The number of carbonyl (C=O) groups excluding carboxylic acids is 1. The number of hydrogen-bond acceptors (Lipinski definition) is 6. The maximum Gasteiger partial charge on any atom is 0.243 e. The number of amides is 1. The van der Waals surface area contributed by atoms with Crippen LogP contribution in [0.3, 0.4) is 0 Å². The second kappa shape index (κ2) is 10.5. The molecule has 8 nitrogen and oxygen atoms in total. The van der Waals surface area contributed by atoms with Crippen LogP contribution in [-0.2, 0) is 14.8 Å². The Morgan fingerprint density at radius 1 is 1.00 bits per heavy atom. The third kappa shape index (κ3) is 5.82. The Morgan fingerprint density at radius 2 is 1.67 bits per heavy atom. The number of aromatic nitrogens is 3. The van der Waals surface area contributed by atoms with E-state index in [4.69, 9.17) is 0 Å². The van der Waals surface area contributed by atoms with Gasteiger partial charge in [0.2, 0.25) is 15.9 Å². The van der Waals surface area contributed by atoms with E-state index in [1.54, 1.807) is 34.9 Å². The van der Waals surface area contributed by atoms with Gasteiger partial charge in [-0.1, -0.05) is 42.3 Å². The zero-order valence-corrected chi connectivity index (χ0v) is 20.1. The number of carbonyl (C=O) groups is 1. The average molecular weight is 486 g/mol. The quantitative estimate of drug-likeness (QED) is 0.510. The highest BCUT2D eigenvalue weighted by Crippen LogP contribution is 2.23. The van der Waals surface area contributed by atoms with Gasteiger partial charge in [-0.05, 0) is 56.2 Å². The second-order valence-corrected chi connectivity index (χ2v) is 10.9. The SMILES string of the molecule is Cc1ccc(-n2cnnc2SCC(=O)Nc2ccc(S(=O)(=O)N3CCCCCC3)cc2)cc1. The minimum atomic E-state index is -3.51. The van der Waals surface area contributed by atoms with E-state index < -0.39 is 10.0 Å². The van der Waals surface area contributed by atoms with E-state index in [0.29, 0.717) is 23.9 Å². The number of aryl methyl sites for hydroxylation is 1. The number of nitrogens with zero attached hydrogens (tertiary/aromatic N) is 4. The van der Waals surface area contributed by atoms with Gasteiger partial charge >= 0.3 is 0 Å². The summed E-state index contributed by atoms with van der Waals surface area (Å²) in [4.78, 5) is 12.7. The normalized spacial score (nSPS) is 15.2. The molecule has 1 saturated heterocycles. The fourth-order valence-corrected chi connectivity index (χ4v) is 5.92. The average Bonchev–Trinajstić information content (AvgIpc) is 3.10. The number of sulfonamides is 1. The number of anilines is 1. The van der Waals surface area contributed by atoms with Crippen molar-refractivity contribution < 1.29 is 13.2 Å². The van der Waals surface area contributed by atoms with Crippen LogP contribution in [0, 0.1) is 6.92 Å². The lowest BCUT2D eigenvalue weighted by molar-refractivity contribution is -0.113. The van der Waals surface area contributed by atoms with Gasteiger partial charge in [0.25, 0.3) is 0 Å². The molecule has 1 aromatic heterocycles. The lowest BCUT2D eigenvalue weighted by atomic mass is 10.2. The topological polar surface area (TPSA) is 97.2 Å². The van der Waals surface area contributed by atoms with Crippen molar-refractivity contribution in [1.29, 1.82) is 0 Å². The molecule has 0 spiro atoms. The standard InChI is InChI=1S/C23H27N5O3S2/c1-18-6-10-20(11-7-18)28-17-24-26-23(28)32-16-22(29)25-19-8-12-21(13-9-19)33(30,31)27-14-4-2-3-5-15-27/h6-13,17H,2-5,14-16H2,1H3,(H,25,29). The zero-order valence-electron chi connectivity index (χ0n) is 18.5. The van der Waals surface area contributed by atoms with Crippen molar-refractivity contribution in [1.82, 2.24) is 19.1 Å². The second-order valence-electron chi connectivity index (χ2n) is 8.00. The first-order valence-electron chi connectivity index (χ1n) is 10.9. The maximum atomic E-state index is 12.9. The molecule has 33 heavy (non-hydrogen) atoms. The van der Waals surface area contributed by atoms with Crippen LogP contribution in [0.5, 0.6) is 0 Å². The van der Waals surface area contributed by atoms with Crippen LogP contribution in [0.25, 0.3) is 5.69 Å². The lowest BCUT2D eigenvalue weighted by Crippen LogP contribution is -2.31. The molecule has 0 atom stereocenters. The van der Waals surface area contributed by atoms with Gasteiger partial charge in [-0.15, -0.1) is 10.2 Å². The highest BCUT2D eigenvalue weighted by Gasteiger charge is 2.25. The molecule has 1 fully saturated rings. The Kier molecular flexibility index (Phi) is 7.46. The van der Waals surface area contributed by atoms with Crippen LogP contribution in [0.15, 0.2) is 64.9 Å². The van der Waals surface area contributed by atoms with Crippen molar-refractivity contribution >= 4 is 33.4 Å². The summed E-state index contributed by atoms with van der Waals surface area (Å²) in [6, 6.07) is 14.3. The number of hydrogen-bond donors (Lipinski definition) is 1. The predicted molar refractivity (Wildman–Crippen MR) is 129 cm³/mol. The van der Waals surface area contributed by atoms with Crippen LogP contribution >= 0.6 is 11.8 Å². The Morgan fingerprint density at radius 3 is 2.33 bits per heavy atom. The third-order valence-corrected chi connectivity index (χ3v) is 8.36. The molecule has 0 radical (unpaired) electrons. The first-order valence-corrected chi connectivity index (χ1v) is 13.4. The number of rotatable bonds is 7. The molecular formula is C23H27N5O3S2. The molecule has 174 valence electrons. The van der Waals surface area contributed by atoms with Gasteiger partial charge in [-0.25, -0.2) is 8.42 Å². The summed E-state index contributed by atoms with van der Waals surface area (Å²) in [5.41, 5.74) is 2.63. The largest absolute Gasteiger partial charge is 0.325 e. The van der Waals surface area contributed by atoms with Crippen molar-refractivity contribution in [2.45, 2.75) is 42.7 Å². The van der Waals surface area contributed by atoms with Crippen LogP contribution in [0.2, 0.25) is 0 Å². The predicted octanol–water partition coefficient (Wildman–Crippen LogP) is 3.87. The summed E-state index contributed by atoms with van der Waals surface area (Å²) in [6.07, 6.45) is 5.53. The molecule has 0 saturated carbocycles. The minimum absolute atomic E-state index is 0.151. The van der Waals surface area contributed by atoms with E-state index in [1.807, 2.05) is 35.8 Å². The summed E-state index contributed by atoms with van der Waals surface area (Å²) in [7, 11) is -3.51. The van der Waals surface area contributed by atoms with Gasteiger partial charge in [-0.2, -0.15) is 4.31 Å². The first kappa shape index (κ1) is 23.5. The van der Waals surface area contributed by atoms with Crippen molar-refractivity contribution in [3.05, 3.63) is 60.4 Å². The van der Waals surface area contributed by atoms with Gasteiger partial charge < -0.3 is 5.32 Å². The first-order chi connectivity index (χ1) is 15.9. The van der Waals surface area contributed by atoms with Crippen LogP contribution < -0.4 is 5.32 Å². The lowest BCUT2D eigenvalue weighted by Gasteiger charge is -2.20. The van der Waals surface area contributed by atoms with Crippen LogP contribution in [0.1, 0.15) is 31.2 Å². The van der Waals surface area contributed by atoms with E-state index in [2.05, 4.69) is 15.5 Å². The molecule has 2 aromatic carbocycles. The maximum absolute atomic E-state index is 12.9. The van der Waals surface area contributed by atoms with E-state index >= 15 is 0 Å². The van der Waals surface area contributed by atoms with E-state index in [0.717, 1.165) is 36.9 Å². The number of benzene rings is 2. The molecule has 10 heteroatoms. The van der Waals surface area contributed by atoms with E-state index in [-0.39, 0.29) is 16.6 Å². The molecule has 4 rings (SSSR count). The molecule has 1 N–H and O–H groups in total. The molecular weight excluding hydrogens is 458 g/mol. The summed E-state index contributed by atoms with van der Waals surface area (Å²) >= 11 is 1.28. The fourth-order valence-electron chi connectivity index (χ4n) is 3.67. The van der Waals surface area contributed by atoms with Crippen molar-refractivity contribution in [2.75, 3.05) is 24.2 Å². The smallest absolute Gasteiger partial charge is 0.243 e. The Balaban J connectivity index is 1.35.